The summed E-state index contributed by atoms with van der Waals surface area (Å²) >= 11 is 1.47. The molecular formula is C15H15F2NO2S. The number of hydrogen-bond donors (Lipinski definition) is 2. The number of thiophene rings is 1. The van der Waals surface area contributed by atoms with Gasteiger partial charge in [0.1, 0.15) is 0 Å². The molecule has 2 rings (SSSR count). The molecule has 2 aromatic rings. The van der Waals surface area contributed by atoms with E-state index in [9.17, 15) is 18.7 Å². The minimum Gasteiger partial charge on any atom is -0.386 e. The maximum Gasteiger partial charge on any atom is 0.225 e. The molecule has 21 heavy (non-hydrogen) atoms. The Morgan fingerprint density at radius 1 is 1.33 bits per heavy atom. The summed E-state index contributed by atoms with van der Waals surface area (Å²) in [4.78, 5) is 12.7. The molecule has 6 heteroatoms. The molecule has 0 aliphatic heterocycles. The molecule has 2 atom stereocenters. The summed E-state index contributed by atoms with van der Waals surface area (Å²) in [5, 5.41) is 14.6. The van der Waals surface area contributed by atoms with E-state index in [1.807, 2.05) is 17.5 Å². The molecule has 0 bridgehead atoms. The summed E-state index contributed by atoms with van der Waals surface area (Å²) in [5.41, 5.74) is 0.220. The second-order valence-electron chi connectivity index (χ2n) is 4.73. The Morgan fingerprint density at radius 2 is 2.10 bits per heavy atom. The third kappa shape index (κ3) is 4.09. The molecule has 0 aliphatic carbocycles. The van der Waals surface area contributed by atoms with Crippen molar-refractivity contribution in [1.29, 1.82) is 0 Å². The second-order valence-corrected chi connectivity index (χ2v) is 5.76. The zero-order chi connectivity index (χ0) is 15.4. The van der Waals surface area contributed by atoms with Gasteiger partial charge in [-0.25, -0.2) is 8.78 Å². The van der Waals surface area contributed by atoms with E-state index in [0.717, 1.165) is 17.0 Å². The van der Waals surface area contributed by atoms with Crippen LogP contribution in [0.25, 0.3) is 0 Å². The van der Waals surface area contributed by atoms with Crippen LogP contribution in [-0.2, 0) is 11.2 Å². The topological polar surface area (TPSA) is 49.3 Å². The van der Waals surface area contributed by atoms with Crippen LogP contribution in [-0.4, -0.2) is 17.1 Å². The quantitative estimate of drug-likeness (QED) is 0.892. The lowest BCUT2D eigenvalue weighted by atomic mass is 10.0. The van der Waals surface area contributed by atoms with Crippen LogP contribution in [0.15, 0.2) is 35.7 Å². The largest absolute Gasteiger partial charge is 0.386 e. The van der Waals surface area contributed by atoms with Gasteiger partial charge in [-0.3, -0.25) is 4.79 Å². The molecule has 0 saturated carbocycles. The van der Waals surface area contributed by atoms with E-state index in [2.05, 4.69) is 5.32 Å². The van der Waals surface area contributed by atoms with E-state index in [0.29, 0.717) is 0 Å². The first kappa shape index (κ1) is 15.6. The maximum atomic E-state index is 13.1. The summed E-state index contributed by atoms with van der Waals surface area (Å²) in [6, 6.07) is 6.27. The van der Waals surface area contributed by atoms with Gasteiger partial charge in [0.05, 0.1) is 18.6 Å². The molecule has 1 aromatic heterocycles. The van der Waals surface area contributed by atoms with Crippen molar-refractivity contribution in [3.05, 3.63) is 57.8 Å². The van der Waals surface area contributed by atoms with Gasteiger partial charge in [0.15, 0.2) is 11.6 Å². The lowest BCUT2D eigenvalue weighted by Gasteiger charge is -2.20. The molecule has 2 N–H and O–H groups in total. The average molecular weight is 311 g/mol. The number of amides is 1. The number of rotatable bonds is 5. The van der Waals surface area contributed by atoms with Crippen LogP contribution < -0.4 is 5.32 Å². The van der Waals surface area contributed by atoms with Crippen molar-refractivity contribution in [3.63, 3.8) is 0 Å². The van der Waals surface area contributed by atoms with Crippen molar-refractivity contribution in [1.82, 2.24) is 5.32 Å². The minimum absolute atomic E-state index is 0.220. The van der Waals surface area contributed by atoms with E-state index in [4.69, 9.17) is 0 Å². The minimum atomic E-state index is -1.10. The van der Waals surface area contributed by atoms with E-state index in [1.54, 1.807) is 6.92 Å². The lowest BCUT2D eigenvalue weighted by molar-refractivity contribution is -0.121. The highest BCUT2D eigenvalue weighted by molar-refractivity contribution is 7.10. The summed E-state index contributed by atoms with van der Waals surface area (Å²) in [5.74, 6) is -2.23. The first-order valence-corrected chi connectivity index (χ1v) is 7.30. The van der Waals surface area contributed by atoms with E-state index < -0.39 is 23.8 Å². The second kappa shape index (κ2) is 6.78. The molecule has 1 aromatic carbocycles. The molecule has 1 amide bonds. The number of benzene rings is 1. The van der Waals surface area contributed by atoms with Crippen molar-refractivity contribution in [2.75, 3.05) is 0 Å². The third-order valence-corrected chi connectivity index (χ3v) is 3.94. The molecule has 1 heterocycles. The van der Waals surface area contributed by atoms with Crippen LogP contribution in [0.3, 0.4) is 0 Å². The van der Waals surface area contributed by atoms with E-state index in [-0.39, 0.29) is 17.9 Å². The van der Waals surface area contributed by atoms with Crippen molar-refractivity contribution in [2.45, 2.75) is 25.5 Å². The van der Waals surface area contributed by atoms with Crippen LogP contribution in [0.1, 0.15) is 23.5 Å². The molecule has 0 saturated heterocycles. The Kier molecular flexibility index (Phi) is 5.03. The fourth-order valence-corrected chi connectivity index (χ4v) is 2.64. The van der Waals surface area contributed by atoms with E-state index in [1.165, 1.54) is 17.4 Å². The van der Waals surface area contributed by atoms with Crippen LogP contribution in [0.2, 0.25) is 0 Å². The number of carbonyl (C=O) groups is 1. The Bertz CT molecular complexity index is 616. The lowest BCUT2D eigenvalue weighted by Crippen LogP contribution is -2.37. The highest BCUT2D eigenvalue weighted by atomic mass is 32.1. The average Bonchev–Trinajstić information content (AvgIpc) is 2.93. The molecule has 0 radical (unpaired) electrons. The third-order valence-electron chi connectivity index (χ3n) is 3.06. The van der Waals surface area contributed by atoms with Gasteiger partial charge in [-0.1, -0.05) is 12.1 Å². The zero-order valence-electron chi connectivity index (χ0n) is 11.3. The van der Waals surface area contributed by atoms with Gasteiger partial charge in [-0.2, -0.15) is 0 Å². The fourth-order valence-electron chi connectivity index (χ4n) is 1.94. The van der Waals surface area contributed by atoms with Gasteiger partial charge in [-0.05, 0) is 36.1 Å². The first-order valence-electron chi connectivity index (χ1n) is 6.42. The van der Waals surface area contributed by atoms with Crippen molar-refractivity contribution in [2.24, 2.45) is 0 Å². The summed E-state index contributed by atoms with van der Waals surface area (Å²) in [7, 11) is 0. The van der Waals surface area contributed by atoms with Crippen molar-refractivity contribution >= 4 is 17.2 Å². The van der Waals surface area contributed by atoms with Gasteiger partial charge < -0.3 is 10.4 Å². The van der Waals surface area contributed by atoms with Gasteiger partial charge in [0, 0.05) is 4.88 Å². The molecule has 0 fully saturated rings. The first-order chi connectivity index (χ1) is 9.97. The van der Waals surface area contributed by atoms with Gasteiger partial charge in [-0.15, -0.1) is 11.3 Å². The van der Waals surface area contributed by atoms with Crippen molar-refractivity contribution in [3.8, 4) is 0 Å². The monoisotopic (exact) mass is 311 g/mol. The number of carbonyl (C=O) groups excluding carboxylic acids is 1. The van der Waals surface area contributed by atoms with Crippen LogP contribution >= 0.6 is 11.3 Å². The van der Waals surface area contributed by atoms with Gasteiger partial charge in [0.2, 0.25) is 5.91 Å². The number of hydrogen-bond acceptors (Lipinski definition) is 3. The highest BCUT2D eigenvalue weighted by Gasteiger charge is 2.20. The number of nitrogens with one attached hydrogen (secondary N) is 1. The normalized spacial score (nSPS) is 13.7. The zero-order valence-corrected chi connectivity index (χ0v) is 12.2. The highest BCUT2D eigenvalue weighted by Crippen LogP contribution is 2.19. The Morgan fingerprint density at radius 3 is 2.71 bits per heavy atom. The fraction of sp³-hybridized carbons (Fsp3) is 0.267. The molecular weight excluding hydrogens is 296 g/mol. The van der Waals surface area contributed by atoms with Gasteiger partial charge >= 0.3 is 0 Å². The molecule has 2 unspecified atom stereocenters. The van der Waals surface area contributed by atoms with Crippen LogP contribution in [0, 0.1) is 11.6 Å². The Balaban J connectivity index is 1.96. The summed E-state index contributed by atoms with van der Waals surface area (Å²) < 4.78 is 26.0. The predicted molar refractivity (Wildman–Crippen MR) is 76.9 cm³/mol. The Labute approximate surface area is 125 Å². The smallest absolute Gasteiger partial charge is 0.225 e. The summed E-state index contributed by atoms with van der Waals surface area (Å²) in [6.45, 7) is 1.61. The number of aliphatic hydroxyl groups excluding tert-OH is 1. The number of aliphatic hydroxyl groups is 1. The molecule has 3 nitrogen and oxygen atoms in total. The SMILES string of the molecule is CC(NC(=O)Cc1cccs1)C(O)c1ccc(F)c(F)c1. The maximum absolute atomic E-state index is 13.1. The van der Waals surface area contributed by atoms with Crippen LogP contribution in [0.5, 0.6) is 0 Å². The Hall–Kier alpha value is -1.79. The number of halogens is 2. The van der Waals surface area contributed by atoms with Gasteiger partial charge in [0.25, 0.3) is 0 Å². The summed E-state index contributed by atoms with van der Waals surface area (Å²) in [6.07, 6.45) is -0.876. The van der Waals surface area contributed by atoms with Crippen molar-refractivity contribution < 1.29 is 18.7 Å². The van der Waals surface area contributed by atoms with Crippen LogP contribution in [0.4, 0.5) is 8.78 Å². The molecule has 0 spiro atoms. The molecule has 112 valence electrons. The molecule has 0 aliphatic rings. The van der Waals surface area contributed by atoms with E-state index >= 15 is 0 Å². The standard InChI is InChI=1S/C15H15F2NO2S/c1-9(18-14(19)8-11-3-2-6-21-11)15(20)10-4-5-12(16)13(17)7-10/h2-7,9,15,20H,8H2,1H3,(H,18,19). The predicted octanol–water partition coefficient (Wildman–Crippen LogP) is 2.81.